The zero-order valence-corrected chi connectivity index (χ0v) is 9.64. The van der Waals surface area contributed by atoms with Crippen molar-refractivity contribution in [3.63, 3.8) is 0 Å². The smallest absolute Gasteiger partial charge is 0.0587 e. The van der Waals surface area contributed by atoms with Gasteiger partial charge in [-0.3, -0.25) is 0 Å². The SMILES string of the molecule is C=Cc1ccc(C)c(C(Cl)CCC)c1. The number of halogens is 1. The maximum Gasteiger partial charge on any atom is 0.0587 e. The molecule has 0 nitrogen and oxygen atoms in total. The van der Waals surface area contributed by atoms with Gasteiger partial charge in [0, 0.05) is 0 Å². The van der Waals surface area contributed by atoms with Crippen molar-refractivity contribution < 1.29 is 0 Å². The molecule has 0 aliphatic heterocycles. The van der Waals surface area contributed by atoms with Gasteiger partial charge in [-0.15, -0.1) is 11.6 Å². The minimum Gasteiger partial charge on any atom is -0.118 e. The van der Waals surface area contributed by atoms with E-state index in [4.69, 9.17) is 11.6 Å². The summed E-state index contributed by atoms with van der Waals surface area (Å²) in [4.78, 5) is 0. The summed E-state index contributed by atoms with van der Waals surface area (Å²) in [5, 5.41) is 0.139. The average Bonchev–Trinajstić information content (AvgIpc) is 2.19. The molecule has 0 spiro atoms. The van der Waals surface area contributed by atoms with E-state index in [0.29, 0.717) is 0 Å². The first-order chi connectivity index (χ1) is 6.69. The molecule has 14 heavy (non-hydrogen) atoms. The van der Waals surface area contributed by atoms with Crippen LogP contribution in [0.2, 0.25) is 0 Å². The predicted octanol–water partition coefficient (Wildman–Crippen LogP) is 4.72. The minimum atomic E-state index is 0.139. The van der Waals surface area contributed by atoms with Gasteiger partial charge in [-0.25, -0.2) is 0 Å². The second kappa shape index (κ2) is 5.21. The number of alkyl halides is 1. The lowest BCUT2D eigenvalue weighted by atomic mass is 10.00. The van der Waals surface area contributed by atoms with E-state index < -0.39 is 0 Å². The second-order valence-corrected chi connectivity index (χ2v) is 4.10. The summed E-state index contributed by atoms with van der Waals surface area (Å²) in [5.74, 6) is 0. The summed E-state index contributed by atoms with van der Waals surface area (Å²) in [6.07, 6.45) is 4.01. The Kier molecular flexibility index (Phi) is 4.21. The van der Waals surface area contributed by atoms with Crippen LogP contribution >= 0.6 is 11.6 Å². The molecule has 1 unspecified atom stereocenters. The Labute approximate surface area is 91.6 Å². The first kappa shape index (κ1) is 11.3. The van der Waals surface area contributed by atoms with Gasteiger partial charge in [0.15, 0.2) is 0 Å². The van der Waals surface area contributed by atoms with Gasteiger partial charge in [0.2, 0.25) is 0 Å². The van der Waals surface area contributed by atoms with E-state index in [1.165, 1.54) is 11.1 Å². The Balaban J connectivity index is 2.99. The van der Waals surface area contributed by atoms with Crippen LogP contribution in [-0.4, -0.2) is 0 Å². The van der Waals surface area contributed by atoms with Gasteiger partial charge in [0.05, 0.1) is 5.38 Å². The number of benzene rings is 1. The topological polar surface area (TPSA) is 0 Å². The minimum absolute atomic E-state index is 0.139. The highest BCUT2D eigenvalue weighted by Gasteiger charge is 2.09. The zero-order chi connectivity index (χ0) is 10.6. The predicted molar refractivity (Wildman–Crippen MR) is 64.8 cm³/mol. The summed E-state index contributed by atoms with van der Waals surface area (Å²) in [6.45, 7) is 8.02. The van der Waals surface area contributed by atoms with Crippen LogP contribution < -0.4 is 0 Å². The van der Waals surface area contributed by atoms with E-state index >= 15 is 0 Å². The van der Waals surface area contributed by atoms with Crippen molar-refractivity contribution in [1.82, 2.24) is 0 Å². The third-order valence-electron chi connectivity index (χ3n) is 2.42. The lowest BCUT2D eigenvalue weighted by Crippen LogP contribution is -1.94. The highest BCUT2D eigenvalue weighted by Crippen LogP contribution is 2.29. The highest BCUT2D eigenvalue weighted by molar-refractivity contribution is 6.20. The second-order valence-electron chi connectivity index (χ2n) is 3.58. The Hall–Kier alpha value is -0.750. The van der Waals surface area contributed by atoms with Crippen LogP contribution in [0.5, 0.6) is 0 Å². The number of hydrogen-bond acceptors (Lipinski definition) is 0. The first-order valence-electron chi connectivity index (χ1n) is 5.06. The van der Waals surface area contributed by atoms with Crippen LogP contribution in [0.4, 0.5) is 0 Å². The van der Waals surface area contributed by atoms with Gasteiger partial charge >= 0.3 is 0 Å². The van der Waals surface area contributed by atoms with Crippen molar-refractivity contribution in [1.29, 1.82) is 0 Å². The van der Waals surface area contributed by atoms with Crippen LogP contribution in [0.25, 0.3) is 6.08 Å². The van der Waals surface area contributed by atoms with Gasteiger partial charge in [-0.05, 0) is 30.0 Å². The molecule has 0 heterocycles. The zero-order valence-electron chi connectivity index (χ0n) is 8.89. The molecule has 0 aliphatic rings. The molecule has 0 aliphatic carbocycles. The fraction of sp³-hybridized carbons (Fsp3) is 0.385. The van der Waals surface area contributed by atoms with E-state index in [1.54, 1.807) is 0 Å². The third-order valence-corrected chi connectivity index (χ3v) is 2.87. The molecule has 1 heteroatoms. The van der Waals surface area contributed by atoms with Crippen LogP contribution in [0.1, 0.15) is 41.8 Å². The fourth-order valence-electron chi connectivity index (χ4n) is 1.53. The summed E-state index contributed by atoms with van der Waals surface area (Å²) < 4.78 is 0. The number of aryl methyl sites for hydroxylation is 1. The van der Waals surface area contributed by atoms with Crippen molar-refractivity contribution in [2.45, 2.75) is 32.1 Å². The monoisotopic (exact) mass is 208 g/mol. The molecule has 0 amide bonds. The Bertz CT molecular complexity index is 315. The Morgan fingerprint density at radius 2 is 2.21 bits per heavy atom. The molecular weight excluding hydrogens is 192 g/mol. The maximum atomic E-state index is 6.31. The summed E-state index contributed by atoms with van der Waals surface area (Å²) >= 11 is 6.31. The van der Waals surface area contributed by atoms with Gasteiger partial charge in [-0.2, -0.15) is 0 Å². The number of rotatable bonds is 4. The third kappa shape index (κ3) is 2.62. The molecule has 0 radical (unpaired) electrons. The quantitative estimate of drug-likeness (QED) is 0.629. The Morgan fingerprint density at radius 1 is 1.50 bits per heavy atom. The van der Waals surface area contributed by atoms with Gasteiger partial charge in [0.25, 0.3) is 0 Å². The van der Waals surface area contributed by atoms with Crippen molar-refractivity contribution in [3.8, 4) is 0 Å². The average molecular weight is 209 g/mol. The summed E-state index contributed by atoms with van der Waals surface area (Å²) in [6, 6.07) is 6.31. The summed E-state index contributed by atoms with van der Waals surface area (Å²) in [7, 11) is 0. The maximum absolute atomic E-state index is 6.31. The van der Waals surface area contributed by atoms with Crippen molar-refractivity contribution in [2.75, 3.05) is 0 Å². The molecule has 1 atom stereocenters. The molecule has 0 saturated carbocycles. The van der Waals surface area contributed by atoms with E-state index in [0.717, 1.165) is 18.4 Å². The standard InChI is InChI=1S/C13H17Cl/c1-4-6-13(14)12-9-11(5-2)8-7-10(12)3/h5,7-9,13H,2,4,6H2,1,3H3. The molecule has 0 fully saturated rings. The van der Waals surface area contributed by atoms with E-state index in [9.17, 15) is 0 Å². The number of hydrogen-bond donors (Lipinski definition) is 0. The van der Waals surface area contributed by atoms with Crippen molar-refractivity contribution in [2.24, 2.45) is 0 Å². The highest BCUT2D eigenvalue weighted by atomic mass is 35.5. The normalized spacial score (nSPS) is 12.5. The summed E-state index contributed by atoms with van der Waals surface area (Å²) in [5.41, 5.74) is 3.65. The van der Waals surface area contributed by atoms with Crippen molar-refractivity contribution >= 4 is 17.7 Å². The van der Waals surface area contributed by atoms with Gasteiger partial charge in [0.1, 0.15) is 0 Å². The molecule has 1 rings (SSSR count). The van der Waals surface area contributed by atoms with Crippen LogP contribution in [-0.2, 0) is 0 Å². The van der Waals surface area contributed by atoms with E-state index in [-0.39, 0.29) is 5.38 Å². The molecule has 76 valence electrons. The van der Waals surface area contributed by atoms with Gasteiger partial charge in [-0.1, -0.05) is 44.2 Å². The van der Waals surface area contributed by atoms with Gasteiger partial charge < -0.3 is 0 Å². The lowest BCUT2D eigenvalue weighted by Gasteiger charge is -2.12. The molecular formula is C13H17Cl. The van der Waals surface area contributed by atoms with Crippen molar-refractivity contribution in [3.05, 3.63) is 41.5 Å². The fourth-order valence-corrected chi connectivity index (χ4v) is 1.99. The Morgan fingerprint density at radius 3 is 2.79 bits per heavy atom. The molecule has 0 saturated heterocycles. The lowest BCUT2D eigenvalue weighted by molar-refractivity contribution is 0.766. The molecule has 1 aromatic rings. The molecule has 0 aromatic heterocycles. The largest absolute Gasteiger partial charge is 0.118 e. The van der Waals surface area contributed by atoms with E-state index in [1.807, 2.05) is 6.08 Å². The first-order valence-corrected chi connectivity index (χ1v) is 5.49. The van der Waals surface area contributed by atoms with Crippen LogP contribution in [0.3, 0.4) is 0 Å². The molecule has 1 aromatic carbocycles. The van der Waals surface area contributed by atoms with Crippen LogP contribution in [0.15, 0.2) is 24.8 Å². The van der Waals surface area contributed by atoms with E-state index in [2.05, 4.69) is 38.6 Å². The van der Waals surface area contributed by atoms with Crippen LogP contribution in [0, 0.1) is 6.92 Å². The molecule has 0 bridgehead atoms. The molecule has 0 N–H and O–H groups in total.